The molecule has 0 fully saturated rings. The van der Waals surface area contributed by atoms with E-state index in [4.69, 9.17) is 0 Å². The van der Waals surface area contributed by atoms with Crippen LogP contribution >= 0.6 is 0 Å². The zero-order valence-corrected chi connectivity index (χ0v) is 7.07. The highest BCUT2D eigenvalue weighted by atomic mass is 14.9. The molecule has 1 atom stereocenters. The Balaban J connectivity index is 3.06. The molecule has 0 bridgehead atoms. The molecule has 0 rings (SSSR count). The normalized spacial score (nSPS) is 14.3. The van der Waals surface area contributed by atoms with Crippen molar-refractivity contribution < 1.29 is 0 Å². The van der Waals surface area contributed by atoms with E-state index in [0.717, 1.165) is 12.5 Å². The second-order valence-corrected chi connectivity index (χ2v) is 3.08. The van der Waals surface area contributed by atoms with Gasteiger partial charge in [-0.2, -0.15) is 0 Å². The van der Waals surface area contributed by atoms with Gasteiger partial charge in [0.25, 0.3) is 0 Å². The molecule has 0 saturated carbocycles. The van der Waals surface area contributed by atoms with E-state index in [2.05, 4.69) is 33.0 Å². The van der Waals surface area contributed by atoms with E-state index in [1.807, 2.05) is 0 Å². The number of rotatable bonds is 4. The fourth-order valence-corrected chi connectivity index (χ4v) is 0.581. The van der Waals surface area contributed by atoms with Gasteiger partial charge in [0.2, 0.25) is 0 Å². The predicted octanol–water partition coefficient (Wildman–Crippen LogP) is 2.03. The summed E-state index contributed by atoms with van der Waals surface area (Å²) in [7, 11) is 0. The standard InChI is InChI=1S/C8H19N/c1-5-8(4)6-9-7(2)3/h7-9H,5-6H2,1-4H3. The molecular formula is C8H19N. The zero-order chi connectivity index (χ0) is 7.28. The summed E-state index contributed by atoms with van der Waals surface area (Å²) in [6.45, 7) is 10.0. The van der Waals surface area contributed by atoms with Crippen molar-refractivity contribution in [3.63, 3.8) is 0 Å². The van der Waals surface area contributed by atoms with Crippen LogP contribution in [0.3, 0.4) is 0 Å². The molecule has 56 valence electrons. The summed E-state index contributed by atoms with van der Waals surface area (Å²) in [5.74, 6) is 0.826. The maximum Gasteiger partial charge on any atom is 0.00104 e. The number of hydrogen-bond donors (Lipinski definition) is 1. The van der Waals surface area contributed by atoms with E-state index >= 15 is 0 Å². The summed E-state index contributed by atoms with van der Waals surface area (Å²) in [6.07, 6.45) is 1.28. The minimum absolute atomic E-state index is 0.638. The summed E-state index contributed by atoms with van der Waals surface area (Å²) < 4.78 is 0. The fourth-order valence-electron chi connectivity index (χ4n) is 0.581. The van der Waals surface area contributed by atoms with Gasteiger partial charge >= 0.3 is 0 Å². The fraction of sp³-hybridized carbons (Fsp3) is 1.00. The van der Waals surface area contributed by atoms with E-state index in [0.29, 0.717) is 6.04 Å². The molecule has 1 nitrogen and oxygen atoms in total. The highest BCUT2D eigenvalue weighted by Crippen LogP contribution is 1.97. The van der Waals surface area contributed by atoms with Gasteiger partial charge in [-0.15, -0.1) is 0 Å². The lowest BCUT2D eigenvalue weighted by Crippen LogP contribution is -2.27. The van der Waals surface area contributed by atoms with E-state index in [1.165, 1.54) is 6.42 Å². The maximum absolute atomic E-state index is 3.40. The van der Waals surface area contributed by atoms with Gasteiger partial charge in [-0.3, -0.25) is 0 Å². The Hall–Kier alpha value is -0.0400. The van der Waals surface area contributed by atoms with Gasteiger partial charge in [0.1, 0.15) is 0 Å². The molecule has 9 heavy (non-hydrogen) atoms. The van der Waals surface area contributed by atoms with Crippen molar-refractivity contribution in [2.24, 2.45) is 5.92 Å². The van der Waals surface area contributed by atoms with Gasteiger partial charge < -0.3 is 5.32 Å². The molecule has 0 aromatic carbocycles. The first-order chi connectivity index (χ1) is 4.16. The first kappa shape index (κ1) is 8.96. The lowest BCUT2D eigenvalue weighted by molar-refractivity contribution is 0.468. The minimum Gasteiger partial charge on any atom is -0.314 e. The summed E-state index contributed by atoms with van der Waals surface area (Å²) in [5, 5.41) is 3.40. The van der Waals surface area contributed by atoms with Crippen molar-refractivity contribution in [1.29, 1.82) is 0 Å². The predicted molar refractivity (Wildman–Crippen MR) is 42.6 cm³/mol. The third-order valence-electron chi connectivity index (χ3n) is 1.57. The zero-order valence-electron chi connectivity index (χ0n) is 7.07. The monoisotopic (exact) mass is 129 g/mol. The van der Waals surface area contributed by atoms with Crippen molar-refractivity contribution in [3.05, 3.63) is 0 Å². The summed E-state index contributed by atoms with van der Waals surface area (Å²) in [4.78, 5) is 0. The molecule has 0 aliphatic heterocycles. The van der Waals surface area contributed by atoms with Gasteiger partial charge in [0.15, 0.2) is 0 Å². The molecule has 0 spiro atoms. The third-order valence-corrected chi connectivity index (χ3v) is 1.57. The molecule has 1 N–H and O–H groups in total. The van der Waals surface area contributed by atoms with Gasteiger partial charge in [0, 0.05) is 6.04 Å². The first-order valence-electron chi connectivity index (χ1n) is 3.90. The number of hydrogen-bond acceptors (Lipinski definition) is 1. The largest absolute Gasteiger partial charge is 0.314 e. The van der Waals surface area contributed by atoms with E-state index < -0.39 is 0 Å². The molecule has 1 unspecified atom stereocenters. The first-order valence-corrected chi connectivity index (χ1v) is 3.90. The van der Waals surface area contributed by atoms with E-state index in [-0.39, 0.29) is 0 Å². The van der Waals surface area contributed by atoms with Crippen LogP contribution in [0, 0.1) is 5.92 Å². The van der Waals surface area contributed by atoms with Crippen molar-refractivity contribution in [1.82, 2.24) is 5.32 Å². The van der Waals surface area contributed by atoms with Crippen LogP contribution in [-0.4, -0.2) is 12.6 Å². The number of nitrogens with one attached hydrogen (secondary N) is 1. The van der Waals surface area contributed by atoms with E-state index in [1.54, 1.807) is 0 Å². The Labute approximate surface area is 58.8 Å². The summed E-state index contributed by atoms with van der Waals surface area (Å²) >= 11 is 0. The van der Waals surface area contributed by atoms with Crippen molar-refractivity contribution in [3.8, 4) is 0 Å². The molecule has 0 heterocycles. The quantitative estimate of drug-likeness (QED) is 0.612. The molecular weight excluding hydrogens is 110 g/mol. The topological polar surface area (TPSA) is 12.0 Å². The van der Waals surface area contributed by atoms with Crippen LogP contribution in [-0.2, 0) is 0 Å². The van der Waals surface area contributed by atoms with Gasteiger partial charge in [-0.25, -0.2) is 0 Å². The van der Waals surface area contributed by atoms with Gasteiger partial charge in [0.05, 0.1) is 0 Å². The molecule has 0 aliphatic rings. The second kappa shape index (κ2) is 4.80. The van der Waals surface area contributed by atoms with Crippen molar-refractivity contribution in [2.45, 2.75) is 40.2 Å². The third kappa shape index (κ3) is 5.84. The lowest BCUT2D eigenvalue weighted by Gasteiger charge is -2.11. The molecule has 0 saturated heterocycles. The molecule has 1 heteroatoms. The molecule has 0 aromatic heterocycles. The highest BCUT2D eigenvalue weighted by Gasteiger charge is 1.97. The van der Waals surface area contributed by atoms with Crippen LogP contribution in [0.25, 0.3) is 0 Å². The van der Waals surface area contributed by atoms with Crippen molar-refractivity contribution in [2.75, 3.05) is 6.54 Å². The Morgan fingerprint density at radius 2 is 1.78 bits per heavy atom. The van der Waals surface area contributed by atoms with Gasteiger partial charge in [-0.1, -0.05) is 34.1 Å². The van der Waals surface area contributed by atoms with Crippen LogP contribution < -0.4 is 5.32 Å². The summed E-state index contributed by atoms with van der Waals surface area (Å²) in [6, 6.07) is 0.638. The Kier molecular flexibility index (Phi) is 4.78. The maximum atomic E-state index is 3.40. The Morgan fingerprint density at radius 1 is 1.22 bits per heavy atom. The Morgan fingerprint density at radius 3 is 2.11 bits per heavy atom. The van der Waals surface area contributed by atoms with Crippen LogP contribution in [0.4, 0.5) is 0 Å². The average molecular weight is 129 g/mol. The Bertz CT molecular complexity index is 59.6. The minimum atomic E-state index is 0.638. The van der Waals surface area contributed by atoms with Crippen LogP contribution in [0.5, 0.6) is 0 Å². The molecule has 0 aliphatic carbocycles. The molecule has 0 amide bonds. The SMILES string of the molecule is CCC(C)CNC(C)C. The smallest absolute Gasteiger partial charge is 0.00104 e. The van der Waals surface area contributed by atoms with Crippen LogP contribution in [0.2, 0.25) is 0 Å². The lowest BCUT2D eigenvalue weighted by atomic mass is 10.1. The van der Waals surface area contributed by atoms with E-state index in [9.17, 15) is 0 Å². The van der Waals surface area contributed by atoms with Crippen LogP contribution in [0.15, 0.2) is 0 Å². The molecule has 0 aromatic rings. The van der Waals surface area contributed by atoms with Gasteiger partial charge in [-0.05, 0) is 12.5 Å². The second-order valence-electron chi connectivity index (χ2n) is 3.08. The van der Waals surface area contributed by atoms with Crippen molar-refractivity contribution >= 4 is 0 Å². The summed E-state index contributed by atoms with van der Waals surface area (Å²) in [5.41, 5.74) is 0. The van der Waals surface area contributed by atoms with Crippen LogP contribution in [0.1, 0.15) is 34.1 Å². The highest BCUT2D eigenvalue weighted by molar-refractivity contribution is 4.57. The average Bonchev–Trinajstić information content (AvgIpc) is 1.83. The molecule has 0 radical (unpaired) electrons.